The van der Waals surface area contributed by atoms with Gasteiger partial charge in [0.1, 0.15) is 17.3 Å². The molecular formula is C21H26N4O2. The summed E-state index contributed by atoms with van der Waals surface area (Å²) in [5, 5.41) is 6.12. The first-order valence-corrected chi connectivity index (χ1v) is 9.39. The van der Waals surface area contributed by atoms with Gasteiger partial charge in [0.25, 0.3) is 5.91 Å². The highest BCUT2D eigenvalue weighted by atomic mass is 16.5. The number of rotatable bonds is 8. The van der Waals surface area contributed by atoms with Crippen LogP contribution in [0.25, 0.3) is 0 Å². The van der Waals surface area contributed by atoms with E-state index in [1.165, 1.54) is 37.5 Å². The lowest BCUT2D eigenvalue weighted by Crippen LogP contribution is -2.24. The summed E-state index contributed by atoms with van der Waals surface area (Å²) in [5.74, 6) is 1.24. The quantitative estimate of drug-likeness (QED) is 0.697. The van der Waals surface area contributed by atoms with E-state index in [2.05, 4.69) is 26.7 Å². The van der Waals surface area contributed by atoms with Crippen LogP contribution in [0.3, 0.4) is 0 Å². The second kappa shape index (κ2) is 9.71. The molecule has 1 aliphatic carbocycles. The topological polar surface area (TPSA) is 76.1 Å². The summed E-state index contributed by atoms with van der Waals surface area (Å²) >= 11 is 0. The Morgan fingerprint density at radius 3 is 2.67 bits per heavy atom. The van der Waals surface area contributed by atoms with Crippen LogP contribution < -0.4 is 15.4 Å². The Morgan fingerprint density at radius 2 is 2.00 bits per heavy atom. The van der Waals surface area contributed by atoms with Crippen molar-refractivity contribution in [1.29, 1.82) is 0 Å². The van der Waals surface area contributed by atoms with E-state index in [0.29, 0.717) is 18.1 Å². The van der Waals surface area contributed by atoms with Gasteiger partial charge in [-0.2, -0.15) is 0 Å². The van der Waals surface area contributed by atoms with Crippen molar-refractivity contribution in [3.8, 4) is 5.75 Å². The number of amides is 1. The van der Waals surface area contributed by atoms with Crippen molar-refractivity contribution in [2.24, 2.45) is 0 Å². The van der Waals surface area contributed by atoms with Crippen molar-refractivity contribution in [2.75, 3.05) is 19.0 Å². The predicted octanol–water partition coefficient (Wildman–Crippen LogP) is 3.72. The molecule has 3 rings (SSSR count). The molecule has 2 aromatic rings. The molecule has 27 heavy (non-hydrogen) atoms. The second-order valence-corrected chi connectivity index (χ2v) is 6.60. The molecule has 1 aliphatic rings. The highest BCUT2D eigenvalue weighted by Gasteiger charge is 2.08. The molecule has 6 heteroatoms. The minimum absolute atomic E-state index is 0.239. The van der Waals surface area contributed by atoms with Crippen molar-refractivity contribution in [3.63, 3.8) is 0 Å². The minimum Gasteiger partial charge on any atom is -0.497 e. The van der Waals surface area contributed by atoms with Crippen molar-refractivity contribution < 1.29 is 9.53 Å². The van der Waals surface area contributed by atoms with Gasteiger partial charge in [0.15, 0.2) is 0 Å². The maximum atomic E-state index is 12.2. The third-order valence-corrected chi connectivity index (χ3v) is 4.63. The molecule has 0 aliphatic heterocycles. The van der Waals surface area contributed by atoms with Gasteiger partial charge in [-0.15, -0.1) is 0 Å². The lowest BCUT2D eigenvalue weighted by Gasteiger charge is -2.13. The van der Waals surface area contributed by atoms with E-state index in [1.807, 2.05) is 24.3 Å². The van der Waals surface area contributed by atoms with Gasteiger partial charge >= 0.3 is 0 Å². The smallest absolute Gasteiger partial charge is 0.271 e. The zero-order chi connectivity index (χ0) is 18.9. The minimum atomic E-state index is -0.239. The summed E-state index contributed by atoms with van der Waals surface area (Å²) in [7, 11) is 1.63. The van der Waals surface area contributed by atoms with E-state index in [4.69, 9.17) is 4.74 Å². The fourth-order valence-corrected chi connectivity index (χ4v) is 3.04. The van der Waals surface area contributed by atoms with Crippen molar-refractivity contribution in [2.45, 2.75) is 38.6 Å². The Morgan fingerprint density at radius 1 is 1.15 bits per heavy atom. The molecule has 0 saturated carbocycles. The van der Waals surface area contributed by atoms with Crippen LogP contribution in [0, 0.1) is 0 Å². The van der Waals surface area contributed by atoms with Crippen molar-refractivity contribution >= 4 is 11.7 Å². The SMILES string of the molecule is COc1ccc(CNC(=O)c2cnc(NCCC3=CCCCC3)cn2)cc1. The molecule has 0 bridgehead atoms. The first-order valence-electron chi connectivity index (χ1n) is 9.39. The highest BCUT2D eigenvalue weighted by molar-refractivity contribution is 5.91. The molecule has 2 N–H and O–H groups in total. The molecule has 1 aromatic heterocycles. The first-order chi connectivity index (χ1) is 13.2. The average Bonchev–Trinajstić information content (AvgIpc) is 2.73. The largest absolute Gasteiger partial charge is 0.497 e. The summed E-state index contributed by atoms with van der Waals surface area (Å²) in [4.78, 5) is 20.7. The molecule has 0 saturated heterocycles. The van der Waals surface area contributed by atoms with E-state index in [0.717, 1.165) is 24.3 Å². The number of hydrogen-bond donors (Lipinski definition) is 2. The molecule has 142 valence electrons. The number of methoxy groups -OCH3 is 1. The van der Waals surface area contributed by atoms with Crippen LogP contribution in [0.15, 0.2) is 48.3 Å². The molecule has 0 atom stereocenters. The number of anilines is 1. The second-order valence-electron chi connectivity index (χ2n) is 6.60. The molecule has 1 amide bonds. The molecule has 1 aromatic carbocycles. The standard InChI is InChI=1S/C21H26N4O2/c1-27-18-9-7-17(8-10-18)13-25-21(26)19-14-24-20(15-23-19)22-12-11-16-5-3-2-4-6-16/h5,7-10,14-15H,2-4,6,11-13H2,1H3,(H,22,24)(H,25,26). The first kappa shape index (κ1) is 18.9. The predicted molar refractivity (Wildman–Crippen MR) is 106 cm³/mol. The van der Waals surface area contributed by atoms with Gasteiger partial charge in [0, 0.05) is 13.1 Å². The van der Waals surface area contributed by atoms with Crippen LogP contribution in [-0.2, 0) is 6.54 Å². The molecule has 1 heterocycles. The van der Waals surface area contributed by atoms with Crippen LogP contribution in [0.5, 0.6) is 5.75 Å². The Kier molecular flexibility index (Phi) is 6.79. The van der Waals surface area contributed by atoms with E-state index < -0.39 is 0 Å². The Balaban J connectivity index is 1.44. The van der Waals surface area contributed by atoms with E-state index >= 15 is 0 Å². The van der Waals surface area contributed by atoms with Crippen molar-refractivity contribution in [3.05, 3.63) is 59.6 Å². The molecular weight excluding hydrogens is 340 g/mol. The van der Waals surface area contributed by atoms with Gasteiger partial charge in [-0.25, -0.2) is 9.97 Å². The van der Waals surface area contributed by atoms with E-state index in [-0.39, 0.29) is 5.91 Å². The van der Waals surface area contributed by atoms with Gasteiger partial charge in [0.2, 0.25) is 0 Å². The number of hydrogen-bond acceptors (Lipinski definition) is 5. The van der Waals surface area contributed by atoms with Gasteiger partial charge in [-0.1, -0.05) is 23.8 Å². The third kappa shape index (κ3) is 5.81. The van der Waals surface area contributed by atoms with Gasteiger partial charge in [-0.3, -0.25) is 4.79 Å². The summed E-state index contributed by atoms with van der Waals surface area (Å²) in [6.45, 7) is 1.27. The van der Waals surface area contributed by atoms with Crippen LogP contribution in [0.1, 0.15) is 48.2 Å². The number of ether oxygens (including phenoxy) is 1. The van der Waals surface area contributed by atoms with Crippen LogP contribution in [-0.4, -0.2) is 29.5 Å². The Bertz CT molecular complexity index is 770. The van der Waals surface area contributed by atoms with Crippen molar-refractivity contribution in [1.82, 2.24) is 15.3 Å². The number of carbonyl (C=O) groups is 1. The Labute approximate surface area is 160 Å². The van der Waals surface area contributed by atoms with Crippen LogP contribution >= 0.6 is 0 Å². The summed E-state index contributed by atoms with van der Waals surface area (Å²) in [5.41, 5.74) is 2.83. The number of benzene rings is 1. The third-order valence-electron chi connectivity index (χ3n) is 4.63. The fourth-order valence-electron chi connectivity index (χ4n) is 3.04. The van der Waals surface area contributed by atoms with Crippen LogP contribution in [0.2, 0.25) is 0 Å². The van der Waals surface area contributed by atoms with Crippen LogP contribution in [0.4, 0.5) is 5.82 Å². The maximum Gasteiger partial charge on any atom is 0.271 e. The molecule has 0 fully saturated rings. The fraction of sp³-hybridized carbons (Fsp3) is 0.381. The van der Waals surface area contributed by atoms with E-state index in [9.17, 15) is 4.79 Å². The van der Waals surface area contributed by atoms with Gasteiger partial charge in [0.05, 0.1) is 19.5 Å². The number of allylic oxidation sites excluding steroid dienone is 1. The van der Waals surface area contributed by atoms with Gasteiger partial charge in [-0.05, 0) is 49.8 Å². The normalized spacial score (nSPS) is 13.6. The summed E-state index contributed by atoms with van der Waals surface area (Å²) in [6, 6.07) is 7.56. The maximum absolute atomic E-state index is 12.2. The van der Waals surface area contributed by atoms with E-state index in [1.54, 1.807) is 13.3 Å². The zero-order valence-corrected chi connectivity index (χ0v) is 15.7. The summed E-state index contributed by atoms with van der Waals surface area (Å²) < 4.78 is 5.12. The lowest BCUT2D eigenvalue weighted by atomic mass is 9.97. The molecule has 0 radical (unpaired) electrons. The zero-order valence-electron chi connectivity index (χ0n) is 15.7. The number of aromatic nitrogens is 2. The van der Waals surface area contributed by atoms with Gasteiger partial charge < -0.3 is 15.4 Å². The highest BCUT2D eigenvalue weighted by Crippen LogP contribution is 2.19. The lowest BCUT2D eigenvalue weighted by molar-refractivity contribution is 0.0945. The molecule has 6 nitrogen and oxygen atoms in total. The monoisotopic (exact) mass is 366 g/mol. The number of nitrogens with one attached hydrogen (secondary N) is 2. The summed E-state index contributed by atoms with van der Waals surface area (Å²) in [6.07, 6.45) is 11.5. The Hall–Kier alpha value is -2.89. The number of carbonyl (C=O) groups excluding carboxylic acids is 1. The average molecular weight is 366 g/mol. The number of nitrogens with zero attached hydrogens (tertiary/aromatic N) is 2. The molecule has 0 spiro atoms. The molecule has 0 unspecified atom stereocenters.